The zero-order valence-electron chi connectivity index (χ0n) is 15.4. The van der Waals surface area contributed by atoms with Crippen molar-refractivity contribution < 1.29 is 19.4 Å². The minimum atomic E-state index is -0.101. The number of aromatic hydroxyl groups is 1. The number of phenols is 1. The molecule has 1 aromatic rings. The highest BCUT2D eigenvalue weighted by Gasteiger charge is 2.50. The molecule has 26 heavy (non-hydrogen) atoms. The maximum absolute atomic E-state index is 13.3. The van der Waals surface area contributed by atoms with Crippen molar-refractivity contribution in [1.82, 2.24) is 4.90 Å². The van der Waals surface area contributed by atoms with Gasteiger partial charge in [-0.15, -0.1) is 0 Å². The molecule has 1 aromatic carbocycles. The molecule has 0 saturated carbocycles. The molecule has 3 aliphatic heterocycles. The van der Waals surface area contributed by atoms with Gasteiger partial charge in [-0.3, -0.25) is 4.79 Å². The highest BCUT2D eigenvalue weighted by molar-refractivity contribution is 5.97. The topological polar surface area (TPSA) is 59.0 Å². The number of fused-ring (bicyclic) bond motifs is 1. The second-order valence-electron chi connectivity index (χ2n) is 7.69. The monoisotopic (exact) mass is 357 g/mol. The zero-order chi connectivity index (χ0) is 18.1. The first-order valence-corrected chi connectivity index (χ1v) is 9.57. The van der Waals surface area contributed by atoms with Gasteiger partial charge in [0.2, 0.25) is 0 Å². The van der Waals surface area contributed by atoms with E-state index in [2.05, 4.69) is 6.08 Å². The molecule has 0 aliphatic carbocycles. The van der Waals surface area contributed by atoms with Gasteiger partial charge >= 0.3 is 0 Å². The second kappa shape index (κ2) is 7.05. The van der Waals surface area contributed by atoms with Crippen molar-refractivity contribution in [2.45, 2.75) is 38.6 Å². The molecule has 1 N–H and O–H groups in total. The van der Waals surface area contributed by atoms with E-state index in [1.54, 1.807) is 12.1 Å². The van der Waals surface area contributed by atoms with Crippen molar-refractivity contribution in [1.29, 1.82) is 0 Å². The molecule has 3 heterocycles. The zero-order valence-corrected chi connectivity index (χ0v) is 15.4. The Morgan fingerprint density at radius 2 is 2.19 bits per heavy atom. The lowest BCUT2D eigenvalue weighted by atomic mass is 9.65. The van der Waals surface area contributed by atoms with Crippen molar-refractivity contribution >= 4 is 5.91 Å². The number of hydrogen-bond donors (Lipinski definition) is 1. The van der Waals surface area contributed by atoms with Gasteiger partial charge in [0.05, 0.1) is 25.4 Å². The number of rotatable bonds is 2. The molecule has 140 valence electrons. The van der Waals surface area contributed by atoms with E-state index in [9.17, 15) is 9.90 Å². The number of nitrogens with zero attached hydrogens (tertiary/aromatic N) is 1. The number of ether oxygens (including phenoxy) is 2. The molecule has 0 bridgehead atoms. The maximum Gasteiger partial charge on any atom is 0.257 e. The van der Waals surface area contributed by atoms with Gasteiger partial charge in [0.15, 0.2) is 0 Å². The van der Waals surface area contributed by atoms with Crippen LogP contribution in [0.4, 0.5) is 0 Å². The van der Waals surface area contributed by atoms with E-state index in [0.717, 1.165) is 44.4 Å². The number of likely N-dealkylation sites (tertiary alicyclic amines) is 1. The van der Waals surface area contributed by atoms with Crippen LogP contribution in [0.3, 0.4) is 0 Å². The van der Waals surface area contributed by atoms with Gasteiger partial charge in [-0.1, -0.05) is 17.7 Å². The summed E-state index contributed by atoms with van der Waals surface area (Å²) in [6.45, 7) is 5.40. The van der Waals surface area contributed by atoms with Crippen LogP contribution in [-0.2, 0) is 9.47 Å². The molecule has 2 atom stereocenters. The third kappa shape index (κ3) is 2.93. The summed E-state index contributed by atoms with van der Waals surface area (Å²) in [4.78, 5) is 15.3. The lowest BCUT2D eigenvalue weighted by Crippen LogP contribution is -2.59. The van der Waals surface area contributed by atoms with Crippen LogP contribution in [0.5, 0.6) is 5.75 Å². The van der Waals surface area contributed by atoms with Crippen LogP contribution in [-0.4, -0.2) is 54.9 Å². The first kappa shape index (κ1) is 17.6. The molecule has 5 heteroatoms. The van der Waals surface area contributed by atoms with Crippen LogP contribution in [0.2, 0.25) is 0 Å². The van der Waals surface area contributed by atoms with Crippen molar-refractivity contribution in [2.75, 3.05) is 33.0 Å². The number of benzene rings is 1. The molecule has 2 saturated heterocycles. The Bertz CT molecular complexity index is 725. The third-order valence-corrected chi connectivity index (χ3v) is 6.18. The Balaban J connectivity index is 1.68. The smallest absolute Gasteiger partial charge is 0.257 e. The normalized spacial score (nSPS) is 29.0. The van der Waals surface area contributed by atoms with Crippen LogP contribution in [0.25, 0.3) is 0 Å². The fourth-order valence-electron chi connectivity index (χ4n) is 4.90. The summed E-state index contributed by atoms with van der Waals surface area (Å²) in [6, 6.07) is 5.42. The van der Waals surface area contributed by atoms with E-state index >= 15 is 0 Å². The number of carbonyl (C=O) groups excluding carboxylic acids is 1. The fraction of sp³-hybridized carbons (Fsp3) is 0.571. The fourth-order valence-corrected chi connectivity index (χ4v) is 4.90. The summed E-state index contributed by atoms with van der Waals surface area (Å²) in [6.07, 6.45) is 5.96. The number of aryl methyl sites for hydroxylation is 1. The minimum Gasteiger partial charge on any atom is -0.507 e. The van der Waals surface area contributed by atoms with Crippen LogP contribution >= 0.6 is 0 Å². The van der Waals surface area contributed by atoms with Gasteiger partial charge in [-0.2, -0.15) is 0 Å². The molecule has 3 aliphatic rings. The molecule has 0 spiro atoms. The van der Waals surface area contributed by atoms with Gasteiger partial charge in [-0.05, 0) is 50.3 Å². The van der Waals surface area contributed by atoms with Crippen molar-refractivity contribution in [2.24, 2.45) is 5.41 Å². The van der Waals surface area contributed by atoms with Gasteiger partial charge in [-0.25, -0.2) is 0 Å². The molecule has 0 unspecified atom stereocenters. The maximum atomic E-state index is 13.3. The quantitative estimate of drug-likeness (QED) is 0.827. The van der Waals surface area contributed by atoms with E-state index in [1.165, 1.54) is 5.57 Å². The van der Waals surface area contributed by atoms with E-state index in [1.807, 2.05) is 17.9 Å². The molecule has 1 amide bonds. The van der Waals surface area contributed by atoms with E-state index in [4.69, 9.17) is 9.47 Å². The third-order valence-electron chi connectivity index (χ3n) is 6.18. The second-order valence-corrected chi connectivity index (χ2v) is 7.69. The summed E-state index contributed by atoms with van der Waals surface area (Å²) in [5.74, 6) is 0.00893. The van der Waals surface area contributed by atoms with Gasteiger partial charge < -0.3 is 19.5 Å². The molecule has 2 fully saturated rings. The molecular weight excluding hydrogens is 330 g/mol. The van der Waals surface area contributed by atoms with Crippen LogP contribution < -0.4 is 0 Å². The van der Waals surface area contributed by atoms with Gasteiger partial charge in [0, 0.05) is 24.6 Å². The Kier molecular flexibility index (Phi) is 4.76. The highest BCUT2D eigenvalue weighted by Crippen LogP contribution is 2.48. The molecule has 0 radical (unpaired) electrons. The van der Waals surface area contributed by atoms with Gasteiger partial charge in [0.25, 0.3) is 5.91 Å². The standard InChI is InChI=1S/C21H27NO4/c1-15-3-4-17(18(23)13-15)20(24)22-9-2-8-21(14-26-12-7-19(21)22)16-5-10-25-11-6-16/h3-5,13,19,23H,2,6-12,14H2,1H3/t19-,21-/m0/s1. The average Bonchev–Trinajstić information content (AvgIpc) is 2.67. The highest BCUT2D eigenvalue weighted by atomic mass is 16.5. The average molecular weight is 357 g/mol. The Morgan fingerprint density at radius 1 is 1.31 bits per heavy atom. The predicted molar refractivity (Wildman–Crippen MR) is 98.3 cm³/mol. The van der Waals surface area contributed by atoms with Crippen molar-refractivity contribution in [3.05, 3.63) is 41.0 Å². The molecule has 4 rings (SSSR count). The summed E-state index contributed by atoms with van der Waals surface area (Å²) >= 11 is 0. The first-order chi connectivity index (χ1) is 12.6. The Hall–Kier alpha value is -1.85. The molecule has 5 nitrogen and oxygen atoms in total. The van der Waals surface area contributed by atoms with Crippen LogP contribution in [0, 0.1) is 12.3 Å². The summed E-state index contributed by atoms with van der Waals surface area (Å²) in [7, 11) is 0. The first-order valence-electron chi connectivity index (χ1n) is 9.57. The van der Waals surface area contributed by atoms with Crippen molar-refractivity contribution in [3.63, 3.8) is 0 Å². The molecule has 0 aromatic heterocycles. The SMILES string of the molecule is Cc1ccc(C(=O)N2CCC[C@@]3(C4=CCOCC4)COCC[C@H]23)c(O)c1. The largest absolute Gasteiger partial charge is 0.507 e. The Labute approximate surface area is 154 Å². The van der Waals surface area contributed by atoms with E-state index in [-0.39, 0.29) is 23.1 Å². The number of carbonyl (C=O) groups is 1. The van der Waals surface area contributed by atoms with Crippen molar-refractivity contribution in [3.8, 4) is 5.75 Å². The predicted octanol–water partition coefficient (Wildman–Crippen LogP) is 3.06. The number of hydrogen-bond acceptors (Lipinski definition) is 4. The van der Waals surface area contributed by atoms with Gasteiger partial charge in [0.1, 0.15) is 5.75 Å². The van der Waals surface area contributed by atoms with E-state index < -0.39 is 0 Å². The lowest BCUT2D eigenvalue weighted by Gasteiger charge is -2.54. The minimum absolute atomic E-state index is 0.0638. The number of phenolic OH excluding ortho intramolecular Hbond substituents is 1. The lowest BCUT2D eigenvalue weighted by molar-refractivity contribution is -0.0739. The van der Waals surface area contributed by atoms with Crippen LogP contribution in [0.15, 0.2) is 29.8 Å². The van der Waals surface area contributed by atoms with Crippen LogP contribution in [0.1, 0.15) is 41.6 Å². The van der Waals surface area contributed by atoms with E-state index in [0.29, 0.717) is 25.4 Å². The Morgan fingerprint density at radius 3 is 2.96 bits per heavy atom. The number of piperidine rings is 1. The summed E-state index contributed by atoms with van der Waals surface area (Å²) in [5, 5.41) is 10.3. The molecular formula is C21H27NO4. The number of amides is 1. The summed E-state index contributed by atoms with van der Waals surface area (Å²) < 4.78 is 11.4. The summed E-state index contributed by atoms with van der Waals surface area (Å²) in [5.41, 5.74) is 2.64.